The molecule has 4 rings (SSSR count). The van der Waals surface area contributed by atoms with Gasteiger partial charge in [0.15, 0.2) is 16.7 Å². The zero-order chi connectivity index (χ0) is 23.4. The summed E-state index contributed by atoms with van der Waals surface area (Å²) in [4.78, 5) is 20.3. The zero-order valence-electron chi connectivity index (χ0n) is 17.5. The van der Waals surface area contributed by atoms with Crippen LogP contribution in [0.15, 0.2) is 75.6 Å². The highest BCUT2D eigenvalue weighted by Gasteiger charge is 2.21. The molecule has 33 heavy (non-hydrogen) atoms. The maximum Gasteiger partial charge on any atom is 0.264 e. The molecule has 0 saturated heterocycles. The number of aromatic nitrogens is 5. The van der Waals surface area contributed by atoms with Gasteiger partial charge in [-0.25, -0.2) is 23.1 Å². The van der Waals surface area contributed by atoms with Crippen LogP contribution in [0.5, 0.6) is 0 Å². The van der Waals surface area contributed by atoms with E-state index in [9.17, 15) is 13.2 Å². The molecule has 1 aromatic carbocycles. The van der Waals surface area contributed by atoms with Crippen molar-refractivity contribution in [3.63, 3.8) is 0 Å². The lowest BCUT2D eigenvalue weighted by molar-refractivity contribution is -0.115. The standard InChI is InChI=1S/C20H19N7O4S2/c1-13(32-20-25-24-17(27(20)2)16-5-3-12-31-16)18(28)23-14-6-8-15(9-7-14)33(29,30)26-19-21-10-4-11-22-19/h3-13H,1-2H3,(H,23,28)(H,21,22,26). The average Bonchev–Trinajstić information content (AvgIpc) is 3.45. The third-order valence-corrected chi connectivity index (χ3v) is 6.93. The van der Waals surface area contributed by atoms with Crippen LogP contribution >= 0.6 is 11.8 Å². The SMILES string of the molecule is CC(Sc1nnc(-c2ccco2)n1C)C(=O)Nc1ccc(S(=O)(=O)Nc2ncccn2)cc1. The summed E-state index contributed by atoms with van der Waals surface area (Å²) in [7, 11) is -2.06. The maximum atomic E-state index is 12.6. The fourth-order valence-electron chi connectivity index (χ4n) is 2.74. The zero-order valence-corrected chi connectivity index (χ0v) is 19.2. The maximum absolute atomic E-state index is 12.6. The molecule has 4 aromatic rings. The van der Waals surface area contributed by atoms with Crippen LogP contribution in [0.25, 0.3) is 11.6 Å². The molecule has 13 heteroatoms. The van der Waals surface area contributed by atoms with Gasteiger partial charge >= 0.3 is 0 Å². The Morgan fingerprint density at radius 2 is 1.82 bits per heavy atom. The number of benzene rings is 1. The van der Waals surface area contributed by atoms with Crippen molar-refractivity contribution in [1.82, 2.24) is 24.7 Å². The topological polar surface area (TPSA) is 145 Å². The Labute approximate surface area is 193 Å². The van der Waals surface area contributed by atoms with E-state index in [0.29, 0.717) is 22.4 Å². The number of sulfonamides is 1. The Bertz CT molecular complexity index is 1340. The first kappa shape index (κ1) is 22.5. The van der Waals surface area contributed by atoms with E-state index in [0.717, 1.165) is 0 Å². The van der Waals surface area contributed by atoms with Gasteiger partial charge in [0, 0.05) is 25.1 Å². The number of nitrogens with zero attached hydrogens (tertiary/aromatic N) is 5. The van der Waals surface area contributed by atoms with Crippen LogP contribution in [0.1, 0.15) is 6.92 Å². The van der Waals surface area contributed by atoms with Gasteiger partial charge in [0.2, 0.25) is 11.9 Å². The van der Waals surface area contributed by atoms with Gasteiger partial charge in [0.1, 0.15) is 0 Å². The van der Waals surface area contributed by atoms with E-state index in [1.165, 1.54) is 48.4 Å². The van der Waals surface area contributed by atoms with Crippen LogP contribution in [-0.2, 0) is 21.9 Å². The number of amides is 1. The molecule has 11 nitrogen and oxygen atoms in total. The highest BCUT2D eigenvalue weighted by atomic mass is 32.2. The van der Waals surface area contributed by atoms with Crippen LogP contribution in [0.4, 0.5) is 11.6 Å². The molecule has 2 N–H and O–H groups in total. The summed E-state index contributed by atoms with van der Waals surface area (Å²) in [5.74, 6) is 0.840. The molecular weight excluding hydrogens is 466 g/mol. The number of hydrogen-bond acceptors (Lipinski definition) is 9. The molecule has 0 bridgehead atoms. The van der Waals surface area contributed by atoms with E-state index < -0.39 is 15.3 Å². The summed E-state index contributed by atoms with van der Waals surface area (Å²) in [5.41, 5.74) is 0.455. The summed E-state index contributed by atoms with van der Waals surface area (Å²) in [6.07, 6.45) is 4.41. The minimum Gasteiger partial charge on any atom is -0.461 e. The molecule has 0 aliphatic rings. The highest BCUT2D eigenvalue weighted by Crippen LogP contribution is 2.26. The van der Waals surface area contributed by atoms with Gasteiger partial charge in [-0.1, -0.05) is 11.8 Å². The molecule has 170 valence electrons. The van der Waals surface area contributed by atoms with Gasteiger partial charge in [-0.15, -0.1) is 10.2 Å². The quantitative estimate of drug-likeness (QED) is 0.360. The van der Waals surface area contributed by atoms with E-state index in [1.807, 2.05) is 0 Å². The number of carbonyl (C=O) groups is 1. The second-order valence-electron chi connectivity index (χ2n) is 6.79. The lowest BCUT2D eigenvalue weighted by Gasteiger charge is -2.12. The number of hydrogen-bond donors (Lipinski definition) is 2. The minimum absolute atomic E-state index is 0.0138. The molecular formula is C20H19N7O4S2. The Morgan fingerprint density at radius 1 is 1.09 bits per heavy atom. The van der Waals surface area contributed by atoms with E-state index in [4.69, 9.17) is 4.42 Å². The smallest absolute Gasteiger partial charge is 0.264 e. The van der Waals surface area contributed by atoms with Crippen LogP contribution in [0.3, 0.4) is 0 Å². The number of furan rings is 1. The van der Waals surface area contributed by atoms with Crippen molar-refractivity contribution < 1.29 is 17.6 Å². The van der Waals surface area contributed by atoms with Crippen molar-refractivity contribution in [2.24, 2.45) is 7.05 Å². The predicted molar refractivity (Wildman–Crippen MR) is 122 cm³/mol. The molecule has 1 unspecified atom stereocenters. The van der Waals surface area contributed by atoms with Crippen molar-refractivity contribution >= 4 is 39.3 Å². The second-order valence-corrected chi connectivity index (χ2v) is 9.78. The van der Waals surface area contributed by atoms with Gasteiger partial charge in [-0.3, -0.25) is 4.79 Å². The Hall–Kier alpha value is -3.71. The first-order chi connectivity index (χ1) is 15.8. The summed E-state index contributed by atoms with van der Waals surface area (Å²) in [6, 6.07) is 10.9. The van der Waals surface area contributed by atoms with Gasteiger partial charge < -0.3 is 14.3 Å². The fraction of sp³-hybridized carbons (Fsp3) is 0.150. The summed E-state index contributed by atoms with van der Waals surface area (Å²) in [6.45, 7) is 1.74. The van der Waals surface area contributed by atoms with Crippen molar-refractivity contribution in [3.8, 4) is 11.6 Å². The third kappa shape index (κ3) is 5.21. The summed E-state index contributed by atoms with van der Waals surface area (Å²) < 4.78 is 34.3. The van der Waals surface area contributed by atoms with E-state index in [-0.39, 0.29) is 16.8 Å². The predicted octanol–water partition coefficient (Wildman–Crippen LogP) is 2.79. The van der Waals surface area contributed by atoms with Crippen LogP contribution in [-0.4, -0.2) is 44.3 Å². The summed E-state index contributed by atoms with van der Waals surface area (Å²) >= 11 is 1.24. The van der Waals surface area contributed by atoms with Crippen molar-refractivity contribution in [2.45, 2.75) is 22.2 Å². The lowest BCUT2D eigenvalue weighted by atomic mass is 10.3. The molecule has 3 aromatic heterocycles. The van der Waals surface area contributed by atoms with Crippen LogP contribution in [0.2, 0.25) is 0 Å². The second kappa shape index (κ2) is 9.42. The number of anilines is 2. The van der Waals surface area contributed by atoms with E-state index >= 15 is 0 Å². The van der Waals surface area contributed by atoms with Crippen molar-refractivity contribution in [1.29, 1.82) is 0 Å². The number of rotatable bonds is 8. The molecule has 0 fully saturated rings. The van der Waals surface area contributed by atoms with Gasteiger partial charge in [0.25, 0.3) is 10.0 Å². The van der Waals surface area contributed by atoms with Crippen LogP contribution in [0, 0.1) is 0 Å². The first-order valence-corrected chi connectivity index (χ1v) is 12.0. The monoisotopic (exact) mass is 485 g/mol. The Balaban J connectivity index is 1.38. The van der Waals surface area contributed by atoms with E-state index in [2.05, 4.69) is 30.2 Å². The molecule has 0 radical (unpaired) electrons. The third-order valence-electron chi connectivity index (χ3n) is 4.45. The summed E-state index contributed by atoms with van der Waals surface area (Å²) in [5, 5.41) is 11.1. The molecule has 0 aliphatic carbocycles. The molecule has 0 aliphatic heterocycles. The number of carbonyl (C=O) groups excluding carboxylic acids is 1. The van der Waals surface area contributed by atoms with Crippen molar-refractivity contribution in [2.75, 3.05) is 10.0 Å². The van der Waals surface area contributed by atoms with Crippen LogP contribution < -0.4 is 10.0 Å². The van der Waals surface area contributed by atoms with Gasteiger partial charge in [0.05, 0.1) is 16.4 Å². The molecule has 3 heterocycles. The first-order valence-electron chi connectivity index (χ1n) is 9.64. The Morgan fingerprint density at radius 3 is 2.48 bits per heavy atom. The lowest BCUT2D eigenvalue weighted by Crippen LogP contribution is -2.23. The molecule has 1 amide bonds. The normalized spacial score (nSPS) is 12.3. The van der Waals surface area contributed by atoms with Crippen molar-refractivity contribution in [3.05, 3.63) is 61.1 Å². The van der Waals surface area contributed by atoms with Gasteiger partial charge in [-0.05, 0) is 49.4 Å². The molecule has 0 saturated carbocycles. The average molecular weight is 486 g/mol. The largest absolute Gasteiger partial charge is 0.461 e. The molecule has 1 atom stereocenters. The number of nitrogens with one attached hydrogen (secondary N) is 2. The fourth-order valence-corrected chi connectivity index (χ4v) is 4.51. The molecule has 0 spiro atoms. The van der Waals surface area contributed by atoms with E-state index in [1.54, 1.807) is 43.0 Å². The minimum atomic E-state index is -3.85. The highest BCUT2D eigenvalue weighted by molar-refractivity contribution is 8.00. The Kier molecular flexibility index (Phi) is 6.42. The van der Waals surface area contributed by atoms with Gasteiger partial charge in [-0.2, -0.15) is 0 Å². The number of thioether (sulfide) groups is 1.